The van der Waals surface area contributed by atoms with Crippen LogP contribution in [0.5, 0.6) is 5.75 Å². The maximum atomic E-state index is 13.5. The molecule has 7 nitrogen and oxygen atoms in total. The Morgan fingerprint density at radius 2 is 1.80 bits per heavy atom. The van der Waals surface area contributed by atoms with E-state index < -0.39 is 15.9 Å². The third-order valence-corrected chi connectivity index (χ3v) is 7.53. The summed E-state index contributed by atoms with van der Waals surface area (Å²) in [7, 11) is -2.28. The van der Waals surface area contributed by atoms with Crippen LogP contribution in [0.2, 0.25) is 0 Å². The van der Waals surface area contributed by atoms with E-state index in [1.54, 1.807) is 38.1 Å². The summed E-state index contributed by atoms with van der Waals surface area (Å²) in [6.45, 7) is 3.94. The van der Waals surface area contributed by atoms with Gasteiger partial charge < -0.3 is 4.74 Å². The van der Waals surface area contributed by atoms with Gasteiger partial charge in [-0.1, -0.05) is 30.3 Å². The minimum absolute atomic E-state index is 0.0955. The third-order valence-electron chi connectivity index (χ3n) is 5.43. The van der Waals surface area contributed by atoms with E-state index in [0.717, 1.165) is 10.2 Å². The van der Waals surface area contributed by atoms with Crippen LogP contribution in [0, 0.1) is 13.8 Å². The summed E-state index contributed by atoms with van der Waals surface area (Å²) in [6, 6.07) is 14.6. The van der Waals surface area contributed by atoms with E-state index >= 15 is 0 Å². The number of carbonyl (C=O) groups excluding carboxylic acids is 1. The normalized spacial score (nSPS) is 14.4. The molecule has 2 aromatic carbocycles. The van der Waals surface area contributed by atoms with Crippen LogP contribution in [0.15, 0.2) is 53.4 Å². The molecule has 2 heterocycles. The fraction of sp³-hybridized carbons (Fsp3) is 0.273. The molecule has 0 saturated carbocycles. The highest BCUT2D eigenvalue weighted by molar-refractivity contribution is 7.89. The van der Waals surface area contributed by atoms with E-state index in [-0.39, 0.29) is 4.90 Å². The highest BCUT2D eigenvalue weighted by Gasteiger charge is 2.34. The molecule has 0 bridgehead atoms. The van der Waals surface area contributed by atoms with Gasteiger partial charge in [-0.15, -0.1) is 0 Å². The predicted octanol–water partition coefficient (Wildman–Crippen LogP) is 2.94. The molecule has 0 spiro atoms. The minimum Gasteiger partial charge on any atom is -0.497 e. The van der Waals surface area contributed by atoms with Crippen molar-refractivity contribution in [3.63, 3.8) is 0 Å². The zero-order chi connectivity index (χ0) is 21.5. The van der Waals surface area contributed by atoms with Crippen molar-refractivity contribution in [3.8, 4) is 5.75 Å². The average molecular weight is 426 g/mol. The molecule has 1 aliphatic heterocycles. The molecule has 156 valence electrons. The van der Waals surface area contributed by atoms with Gasteiger partial charge in [0.25, 0.3) is 5.91 Å². The Hall–Kier alpha value is -2.97. The molecule has 0 saturated heterocycles. The van der Waals surface area contributed by atoms with Crippen LogP contribution in [0.1, 0.15) is 32.9 Å². The largest absolute Gasteiger partial charge is 0.497 e. The number of ether oxygens (including phenoxy) is 1. The number of benzene rings is 2. The molecule has 0 radical (unpaired) electrons. The van der Waals surface area contributed by atoms with Crippen LogP contribution in [0.25, 0.3) is 0 Å². The van der Waals surface area contributed by atoms with Gasteiger partial charge in [0.15, 0.2) is 0 Å². The zero-order valence-corrected chi connectivity index (χ0v) is 17.9. The van der Waals surface area contributed by atoms with Gasteiger partial charge in [-0.05, 0) is 49.6 Å². The molecule has 3 aromatic rings. The van der Waals surface area contributed by atoms with Crippen molar-refractivity contribution in [3.05, 3.63) is 76.6 Å². The lowest BCUT2D eigenvalue weighted by Gasteiger charge is -2.28. The van der Waals surface area contributed by atoms with Crippen molar-refractivity contribution in [1.82, 2.24) is 14.1 Å². The molecule has 30 heavy (non-hydrogen) atoms. The third kappa shape index (κ3) is 3.42. The summed E-state index contributed by atoms with van der Waals surface area (Å²) in [5.74, 6) is 0.141. The van der Waals surface area contributed by atoms with Gasteiger partial charge in [0.05, 0.1) is 18.5 Å². The molecule has 8 heteroatoms. The average Bonchev–Trinajstić information content (AvgIpc) is 3.07. The second kappa shape index (κ2) is 7.70. The van der Waals surface area contributed by atoms with Crippen LogP contribution in [0.3, 0.4) is 0 Å². The van der Waals surface area contributed by atoms with Crippen molar-refractivity contribution in [2.45, 2.75) is 31.7 Å². The van der Waals surface area contributed by atoms with Crippen LogP contribution < -0.4 is 4.74 Å². The molecular weight excluding hydrogens is 402 g/mol. The molecule has 1 aliphatic rings. The van der Waals surface area contributed by atoms with Crippen LogP contribution >= 0.6 is 0 Å². The Labute approximate surface area is 175 Å². The predicted molar refractivity (Wildman–Crippen MR) is 112 cm³/mol. The van der Waals surface area contributed by atoms with Gasteiger partial charge in [-0.3, -0.25) is 4.79 Å². The number of hydrogen-bond donors (Lipinski definition) is 0. The number of rotatable bonds is 4. The van der Waals surface area contributed by atoms with Gasteiger partial charge >= 0.3 is 0 Å². The van der Waals surface area contributed by atoms with Gasteiger partial charge in [-0.25, -0.2) is 8.42 Å². The molecule has 0 aliphatic carbocycles. The lowest BCUT2D eigenvalue weighted by Crippen LogP contribution is -2.36. The first-order valence-electron chi connectivity index (χ1n) is 9.65. The second-order valence-electron chi connectivity index (χ2n) is 7.31. The number of nitrogens with zero attached hydrogens (tertiary/aromatic N) is 3. The summed E-state index contributed by atoms with van der Waals surface area (Å²) in [5.41, 5.74) is 3.15. The molecule has 0 N–H and O–H groups in total. The van der Waals surface area contributed by atoms with Gasteiger partial charge in [-0.2, -0.15) is 14.1 Å². The van der Waals surface area contributed by atoms with Crippen molar-refractivity contribution in [2.24, 2.45) is 0 Å². The van der Waals surface area contributed by atoms with E-state index in [1.807, 2.05) is 24.3 Å². The van der Waals surface area contributed by atoms with Crippen LogP contribution in [-0.2, 0) is 23.0 Å². The number of fused-ring (bicyclic) bond motifs is 1. The number of aryl methyl sites for hydroxylation is 1. The summed E-state index contributed by atoms with van der Waals surface area (Å²) in [4.78, 5) is 13.1. The topological polar surface area (TPSA) is 81.5 Å². The highest BCUT2D eigenvalue weighted by atomic mass is 32.2. The second-order valence-corrected chi connectivity index (χ2v) is 9.18. The Bertz CT molecular complexity index is 1230. The first kappa shape index (κ1) is 20.3. The number of aromatic nitrogens is 2. The van der Waals surface area contributed by atoms with E-state index in [0.29, 0.717) is 42.2 Å². The van der Waals surface area contributed by atoms with Crippen LogP contribution in [-0.4, -0.2) is 42.1 Å². The maximum Gasteiger partial charge on any atom is 0.278 e. The summed E-state index contributed by atoms with van der Waals surface area (Å²) in [5, 5.41) is 4.27. The molecule has 0 amide bonds. The monoisotopic (exact) mass is 425 g/mol. The lowest BCUT2D eigenvalue weighted by atomic mass is 10.0. The summed E-state index contributed by atoms with van der Waals surface area (Å²) < 4.78 is 34.7. The fourth-order valence-corrected chi connectivity index (χ4v) is 5.65. The Balaban J connectivity index is 1.70. The Kier molecular flexibility index (Phi) is 5.21. The van der Waals surface area contributed by atoms with Gasteiger partial charge in [0.1, 0.15) is 10.6 Å². The number of methoxy groups -OCH3 is 1. The van der Waals surface area contributed by atoms with E-state index in [9.17, 15) is 13.2 Å². The van der Waals surface area contributed by atoms with Crippen molar-refractivity contribution >= 4 is 15.9 Å². The van der Waals surface area contributed by atoms with Crippen molar-refractivity contribution in [2.75, 3.05) is 13.7 Å². The fourth-order valence-electron chi connectivity index (χ4n) is 3.88. The zero-order valence-electron chi connectivity index (χ0n) is 17.1. The van der Waals surface area contributed by atoms with E-state index in [2.05, 4.69) is 5.10 Å². The van der Waals surface area contributed by atoms with Crippen molar-refractivity contribution < 1.29 is 17.9 Å². The summed E-state index contributed by atoms with van der Waals surface area (Å²) in [6.07, 6.45) is 0.657. The standard InChI is InChI=1S/C22H23N3O4S/c1-15-21(30(27,28)24-12-11-17-7-4-5-8-19(17)14-24)16(2)25(23-15)22(26)18-9-6-10-20(13-18)29-3/h4-10,13H,11-12,14H2,1-3H3. The lowest BCUT2D eigenvalue weighted by molar-refractivity contribution is 0.0941. The highest BCUT2D eigenvalue weighted by Crippen LogP contribution is 2.29. The molecule has 0 unspecified atom stereocenters. The number of carbonyl (C=O) groups is 1. The number of sulfonamides is 1. The Morgan fingerprint density at radius 3 is 2.53 bits per heavy atom. The maximum absolute atomic E-state index is 13.5. The molecule has 0 atom stereocenters. The quantitative estimate of drug-likeness (QED) is 0.642. The minimum atomic E-state index is -3.80. The number of hydrogen-bond acceptors (Lipinski definition) is 5. The molecule has 4 rings (SSSR count). The van der Waals surface area contributed by atoms with E-state index in [1.165, 1.54) is 17.0 Å². The SMILES string of the molecule is COc1cccc(C(=O)n2nc(C)c(S(=O)(=O)N3CCc4ccccc4C3)c2C)c1. The first-order valence-corrected chi connectivity index (χ1v) is 11.1. The van der Waals surface area contributed by atoms with Crippen molar-refractivity contribution in [1.29, 1.82) is 0 Å². The molecular formula is C22H23N3O4S. The van der Waals surface area contributed by atoms with Gasteiger partial charge in [0, 0.05) is 18.7 Å². The summed E-state index contributed by atoms with van der Waals surface area (Å²) >= 11 is 0. The smallest absolute Gasteiger partial charge is 0.278 e. The van der Waals surface area contributed by atoms with Gasteiger partial charge in [0.2, 0.25) is 10.0 Å². The molecule has 1 aromatic heterocycles. The Morgan fingerprint density at radius 1 is 1.07 bits per heavy atom. The van der Waals surface area contributed by atoms with Crippen LogP contribution in [0.4, 0.5) is 0 Å². The molecule has 0 fully saturated rings. The first-order chi connectivity index (χ1) is 14.3. The van der Waals surface area contributed by atoms with E-state index in [4.69, 9.17) is 4.74 Å².